The van der Waals surface area contributed by atoms with Gasteiger partial charge in [0.25, 0.3) is 0 Å². The van der Waals surface area contributed by atoms with Gasteiger partial charge in [-0.25, -0.2) is 4.98 Å². The van der Waals surface area contributed by atoms with Gasteiger partial charge in [-0.1, -0.05) is 52.0 Å². The first-order chi connectivity index (χ1) is 16.3. The molecule has 0 N–H and O–H groups in total. The number of imidazole rings is 1. The third-order valence-electron chi connectivity index (χ3n) is 8.06. The summed E-state index contributed by atoms with van der Waals surface area (Å²) in [6.45, 7) is 14.5. The molecule has 2 heterocycles. The minimum atomic E-state index is 0.182. The van der Waals surface area contributed by atoms with Crippen molar-refractivity contribution in [1.82, 2.24) is 14.5 Å². The number of methoxy groups -OCH3 is 1. The summed E-state index contributed by atoms with van der Waals surface area (Å²) in [4.78, 5) is 7.71. The summed E-state index contributed by atoms with van der Waals surface area (Å²) in [5, 5.41) is 0. The molecule has 182 valence electrons. The van der Waals surface area contributed by atoms with Crippen molar-refractivity contribution in [2.45, 2.75) is 77.9 Å². The van der Waals surface area contributed by atoms with Crippen molar-refractivity contribution in [3.05, 3.63) is 64.5 Å². The van der Waals surface area contributed by atoms with E-state index in [4.69, 9.17) is 9.72 Å². The number of fused-ring (bicyclic) bond motifs is 2. The Labute approximate surface area is 205 Å². The third-order valence-corrected chi connectivity index (χ3v) is 8.06. The zero-order valence-electron chi connectivity index (χ0n) is 21.8. The summed E-state index contributed by atoms with van der Waals surface area (Å²) in [5.74, 6) is 2.89. The standard InChI is InChI=1S/C30H41N3O/c1-19(2)23-8-9-24-14-22(15-25(24)16-23)17-32-12-11-28(29(18-32)34-6)33-27-10-7-21(5)13-26(27)31-30(33)20(3)4/h7-10,13,16,19-20,22,28-29H,11-12,14-15,17-18H2,1-6H3/t22?,28-,29+/m1/s1. The van der Waals surface area contributed by atoms with Gasteiger partial charge in [0.15, 0.2) is 0 Å². The van der Waals surface area contributed by atoms with Crippen LogP contribution < -0.4 is 0 Å². The van der Waals surface area contributed by atoms with Gasteiger partial charge >= 0.3 is 0 Å². The Kier molecular flexibility index (Phi) is 6.56. The molecule has 1 aliphatic carbocycles. The van der Waals surface area contributed by atoms with Crippen LogP contribution in [0, 0.1) is 12.8 Å². The Bertz CT molecular complexity index is 1160. The highest BCUT2D eigenvalue weighted by molar-refractivity contribution is 5.77. The maximum Gasteiger partial charge on any atom is 0.112 e. The molecule has 0 saturated carbocycles. The van der Waals surface area contributed by atoms with Gasteiger partial charge in [0.1, 0.15) is 5.82 Å². The SMILES string of the molecule is CO[C@H]1CN(CC2Cc3ccc(C(C)C)cc3C2)CC[C@H]1n1c(C(C)C)nc2cc(C)ccc21. The first kappa shape index (κ1) is 23.6. The number of hydrogen-bond donors (Lipinski definition) is 0. The third kappa shape index (κ3) is 4.43. The Morgan fingerprint density at radius 1 is 1.00 bits per heavy atom. The van der Waals surface area contributed by atoms with Gasteiger partial charge in [0, 0.05) is 32.7 Å². The smallest absolute Gasteiger partial charge is 0.112 e. The highest BCUT2D eigenvalue weighted by Crippen LogP contribution is 2.35. The van der Waals surface area contributed by atoms with E-state index >= 15 is 0 Å². The Balaban J connectivity index is 1.32. The minimum Gasteiger partial charge on any atom is -0.378 e. The van der Waals surface area contributed by atoms with Gasteiger partial charge in [-0.15, -0.1) is 0 Å². The molecule has 0 spiro atoms. The molecule has 2 aliphatic rings. The normalized spacial score (nSPS) is 23.4. The molecule has 1 saturated heterocycles. The van der Waals surface area contributed by atoms with Crippen LogP contribution >= 0.6 is 0 Å². The van der Waals surface area contributed by atoms with E-state index in [9.17, 15) is 0 Å². The van der Waals surface area contributed by atoms with Gasteiger partial charge in [0.2, 0.25) is 0 Å². The van der Waals surface area contributed by atoms with Crippen LogP contribution in [0.15, 0.2) is 36.4 Å². The lowest BCUT2D eigenvalue weighted by Gasteiger charge is -2.40. The average molecular weight is 460 g/mol. The highest BCUT2D eigenvalue weighted by Gasteiger charge is 2.35. The number of likely N-dealkylation sites (tertiary alicyclic amines) is 1. The molecule has 3 atom stereocenters. The second-order valence-electron chi connectivity index (χ2n) is 11.3. The van der Waals surface area contributed by atoms with Crippen molar-refractivity contribution >= 4 is 11.0 Å². The summed E-state index contributed by atoms with van der Waals surface area (Å²) in [6, 6.07) is 14.2. The quantitative estimate of drug-likeness (QED) is 0.435. The first-order valence-electron chi connectivity index (χ1n) is 13.2. The fourth-order valence-electron chi connectivity index (χ4n) is 6.23. The second-order valence-corrected chi connectivity index (χ2v) is 11.3. The number of aromatic nitrogens is 2. The molecular formula is C30H41N3O. The molecule has 1 aromatic heterocycles. The van der Waals surface area contributed by atoms with Crippen LogP contribution in [0.1, 0.15) is 80.1 Å². The number of benzene rings is 2. The topological polar surface area (TPSA) is 30.3 Å². The van der Waals surface area contributed by atoms with Crippen LogP contribution in [0.25, 0.3) is 11.0 Å². The van der Waals surface area contributed by atoms with E-state index in [-0.39, 0.29) is 6.10 Å². The predicted octanol–water partition coefficient (Wildman–Crippen LogP) is 6.27. The van der Waals surface area contributed by atoms with Gasteiger partial charge < -0.3 is 14.2 Å². The molecular weight excluding hydrogens is 418 g/mol. The summed E-state index contributed by atoms with van der Waals surface area (Å²) >= 11 is 0. The molecule has 4 heteroatoms. The van der Waals surface area contributed by atoms with E-state index in [0.29, 0.717) is 17.9 Å². The van der Waals surface area contributed by atoms with E-state index in [0.717, 1.165) is 30.9 Å². The van der Waals surface area contributed by atoms with Crippen molar-refractivity contribution in [2.24, 2.45) is 5.92 Å². The van der Waals surface area contributed by atoms with Gasteiger partial charge in [-0.2, -0.15) is 0 Å². The van der Waals surface area contributed by atoms with Crippen molar-refractivity contribution in [2.75, 3.05) is 26.7 Å². The van der Waals surface area contributed by atoms with E-state index < -0.39 is 0 Å². The van der Waals surface area contributed by atoms with Crippen LogP contribution in [0.5, 0.6) is 0 Å². The highest BCUT2D eigenvalue weighted by atomic mass is 16.5. The van der Waals surface area contributed by atoms with Crippen LogP contribution in [-0.2, 0) is 17.6 Å². The molecule has 34 heavy (non-hydrogen) atoms. The van der Waals surface area contributed by atoms with E-state index in [1.165, 1.54) is 41.9 Å². The molecule has 4 nitrogen and oxygen atoms in total. The summed E-state index contributed by atoms with van der Waals surface area (Å²) in [7, 11) is 1.89. The fraction of sp³-hybridized carbons (Fsp3) is 0.567. The molecule has 5 rings (SSSR count). The lowest BCUT2D eigenvalue weighted by Crippen LogP contribution is -2.47. The maximum absolute atomic E-state index is 6.14. The maximum atomic E-state index is 6.14. The summed E-state index contributed by atoms with van der Waals surface area (Å²) in [5.41, 5.74) is 8.25. The van der Waals surface area contributed by atoms with Gasteiger partial charge in [-0.05, 0) is 72.4 Å². The monoisotopic (exact) mass is 459 g/mol. The molecule has 0 amide bonds. The summed E-state index contributed by atoms with van der Waals surface area (Å²) < 4.78 is 8.65. The molecule has 1 fully saturated rings. The number of hydrogen-bond acceptors (Lipinski definition) is 3. The van der Waals surface area contributed by atoms with Crippen LogP contribution in [0.3, 0.4) is 0 Å². The fourth-order valence-corrected chi connectivity index (χ4v) is 6.23. The Hall–Kier alpha value is -2.17. The lowest BCUT2D eigenvalue weighted by atomic mass is 9.97. The largest absolute Gasteiger partial charge is 0.378 e. The van der Waals surface area contributed by atoms with Gasteiger partial charge in [0.05, 0.1) is 23.2 Å². The predicted molar refractivity (Wildman–Crippen MR) is 141 cm³/mol. The molecule has 0 bridgehead atoms. The minimum absolute atomic E-state index is 0.182. The summed E-state index contributed by atoms with van der Waals surface area (Å²) in [6.07, 6.45) is 3.72. The molecule has 1 aliphatic heterocycles. The number of nitrogens with zero attached hydrogens (tertiary/aromatic N) is 3. The van der Waals surface area contributed by atoms with Crippen LogP contribution in [0.4, 0.5) is 0 Å². The Morgan fingerprint density at radius 2 is 1.79 bits per heavy atom. The first-order valence-corrected chi connectivity index (χ1v) is 13.2. The average Bonchev–Trinajstić information content (AvgIpc) is 3.38. The Morgan fingerprint density at radius 3 is 2.53 bits per heavy atom. The van der Waals surface area contributed by atoms with Gasteiger partial charge in [-0.3, -0.25) is 0 Å². The van der Waals surface area contributed by atoms with Crippen LogP contribution in [-0.4, -0.2) is 47.3 Å². The van der Waals surface area contributed by atoms with Crippen LogP contribution in [0.2, 0.25) is 0 Å². The zero-order valence-corrected chi connectivity index (χ0v) is 21.8. The molecule has 1 unspecified atom stereocenters. The number of ether oxygens (including phenoxy) is 1. The lowest BCUT2D eigenvalue weighted by molar-refractivity contribution is -0.00966. The number of rotatable bonds is 6. The van der Waals surface area contributed by atoms with Crippen molar-refractivity contribution < 1.29 is 4.74 Å². The molecule has 0 radical (unpaired) electrons. The van der Waals surface area contributed by atoms with E-state index in [1.54, 1.807) is 11.1 Å². The van der Waals surface area contributed by atoms with Crippen molar-refractivity contribution in [1.29, 1.82) is 0 Å². The number of aryl methyl sites for hydroxylation is 1. The second kappa shape index (κ2) is 9.47. The van der Waals surface area contributed by atoms with E-state index in [2.05, 4.69) is 80.5 Å². The van der Waals surface area contributed by atoms with Crippen molar-refractivity contribution in [3.8, 4) is 0 Å². The van der Waals surface area contributed by atoms with Crippen molar-refractivity contribution in [3.63, 3.8) is 0 Å². The van der Waals surface area contributed by atoms with E-state index in [1.807, 2.05) is 7.11 Å². The zero-order chi connectivity index (χ0) is 24.0. The number of piperidine rings is 1. The molecule has 2 aromatic carbocycles. The molecule has 3 aromatic rings.